The highest BCUT2D eigenvalue weighted by molar-refractivity contribution is 5.94. The number of hydrogen-bond donors (Lipinski definition) is 2. The molecule has 0 atom stereocenters. The standard InChI is InChI=1S/C16H25N3O2/c1-2-8-19(12-13-6-7-13)9-10-21-15-5-3-4-14(11-15)16(20)18-17/h3-5,11,13H,2,6-10,12,17H2,1H3,(H,18,20). The van der Waals surface area contributed by atoms with Crippen molar-refractivity contribution in [3.8, 4) is 5.75 Å². The summed E-state index contributed by atoms with van der Waals surface area (Å²) in [6.07, 6.45) is 3.91. The number of carbonyl (C=O) groups is 1. The molecule has 3 N–H and O–H groups in total. The first kappa shape index (κ1) is 15.8. The third-order valence-corrected chi connectivity index (χ3v) is 3.66. The zero-order valence-corrected chi connectivity index (χ0v) is 12.7. The van der Waals surface area contributed by atoms with Gasteiger partial charge in [0.15, 0.2) is 0 Å². The van der Waals surface area contributed by atoms with E-state index in [9.17, 15) is 4.79 Å². The summed E-state index contributed by atoms with van der Waals surface area (Å²) in [5.41, 5.74) is 2.64. The number of ether oxygens (including phenoxy) is 1. The maximum atomic E-state index is 11.5. The zero-order chi connectivity index (χ0) is 15.1. The fourth-order valence-electron chi connectivity index (χ4n) is 2.38. The molecule has 1 aliphatic carbocycles. The van der Waals surface area contributed by atoms with Crippen molar-refractivity contribution < 1.29 is 9.53 Å². The molecule has 1 aromatic carbocycles. The van der Waals surface area contributed by atoms with Crippen LogP contribution in [0, 0.1) is 5.92 Å². The van der Waals surface area contributed by atoms with Gasteiger partial charge in [-0.1, -0.05) is 13.0 Å². The van der Waals surface area contributed by atoms with Gasteiger partial charge < -0.3 is 4.74 Å². The van der Waals surface area contributed by atoms with Crippen molar-refractivity contribution in [1.82, 2.24) is 10.3 Å². The predicted octanol–water partition coefficient (Wildman–Crippen LogP) is 1.79. The van der Waals surface area contributed by atoms with Crippen LogP contribution in [0.4, 0.5) is 0 Å². The third kappa shape index (κ3) is 5.36. The summed E-state index contributed by atoms with van der Waals surface area (Å²) in [5.74, 6) is 6.43. The Morgan fingerprint density at radius 3 is 2.90 bits per heavy atom. The van der Waals surface area contributed by atoms with Crippen LogP contribution >= 0.6 is 0 Å². The Morgan fingerprint density at radius 1 is 1.43 bits per heavy atom. The molecule has 0 heterocycles. The zero-order valence-electron chi connectivity index (χ0n) is 12.7. The van der Waals surface area contributed by atoms with E-state index in [1.54, 1.807) is 18.2 Å². The number of carbonyl (C=O) groups excluding carboxylic acids is 1. The Hall–Kier alpha value is -1.59. The Kier molecular flexibility index (Phi) is 6.02. The van der Waals surface area contributed by atoms with Crippen LogP contribution in [0.5, 0.6) is 5.75 Å². The monoisotopic (exact) mass is 291 g/mol. The second kappa shape index (κ2) is 8.00. The summed E-state index contributed by atoms with van der Waals surface area (Å²) in [6.45, 7) is 6.08. The van der Waals surface area contributed by atoms with Crippen LogP contribution in [0.25, 0.3) is 0 Å². The molecule has 1 amide bonds. The molecule has 21 heavy (non-hydrogen) atoms. The molecule has 5 nitrogen and oxygen atoms in total. The van der Waals surface area contributed by atoms with E-state index in [-0.39, 0.29) is 5.91 Å². The highest BCUT2D eigenvalue weighted by Gasteiger charge is 2.23. The van der Waals surface area contributed by atoms with Crippen LogP contribution in [-0.4, -0.2) is 37.0 Å². The molecule has 1 saturated carbocycles. The lowest BCUT2D eigenvalue weighted by Crippen LogP contribution is -2.31. The van der Waals surface area contributed by atoms with E-state index in [1.807, 2.05) is 6.07 Å². The van der Waals surface area contributed by atoms with Gasteiger partial charge in [0.25, 0.3) is 5.91 Å². The number of hydrazine groups is 1. The van der Waals surface area contributed by atoms with E-state index >= 15 is 0 Å². The van der Waals surface area contributed by atoms with Gasteiger partial charge in [-0.15, -0.1) is 0 Å². The van der Waals surface area contributed by atoms with Crippen molar-refractivity contribution in [2.75, 3.05) is 26.2 Å². The predicted molar refractivity (Wildman–Crippen MR) is 83.0 cm³/mol. The van der Waals surface area contributed by atoms with Crippen LogP contribution in [0.2, 0.25) is 0 Å². The fourth-order valence-corrected chi connectivity index (χ4v) is 2.38. The quantitative estimate of drug-likeness (QED) is 0.413. The van der Waals surface area contributed by atoms with E-state index in [2.05, 4.69) is 17.2 Å². The molecule has 5 heteroatoms. The Labute approximate surface area is 126 Å². The first-order chi connectivity index (χ1) is 10.2. The molecule has 0 radical (unpaired) electrons. The largest absolute Gasteiger partial charge is 0.492 e. The molecule has 0 spiro atoms. The second-order valence-corrected chi connectivity index (χ2v) is 5.59. The van der Waals surface area contributed by atoms with Crippen LogP contribution < -0.4 is 16.0 Å². The van der Waals surface area contributed by atoms with E-state index in [1.165, 1.54) is 25.8 Å². The topological polar surface area (TPSA) is 67.6 Å². The number of amides is 1. The van der Waals surface area contributed by atoms with Crippen molar-refractivity contribution in [1.29, 1.82) is 0 Å². The SMILES string of the molecule is CCCN(CCOc1cccc(C(=O)NN)c1)CC1CC1. The minimum atomic E-state index is -0.304. The van der Waals surface area contributed by atoms with Gasteiger partial charge in [-0.05, 0) is 49.9 Å². The maximum Gasteiger partial charge on any atom is 0.265 e. The molecular formula is C16H25N3O2. The molecule has 1 aliphatic rings. The van der Waals surface area contributed by atoms with Crippen LogP contribution in [-0.2, 0) is 0 Å². The average molecular weight is 291 g/mol. The van der Waals surface area contributed by atoms with Gasteiger partial charge in [0, 0.05) is 18.7 Å². The molecule has 116 valence electrons. The number of nitrogen functional groups attached to an aromatic ring is 1. The van der Waals surface area contributed by atoms with Gasteiger partial charge in [-0.2, -0.15) is 0 Å². The van der Waals surface area contributed by atoms with Gasteiger partial charge in [0.2, 0.25) is 0 Å². The number of nitrogens with zero attached hydrogens (tertiary/aromatic N) is 1. The van der Waals surface area contributed by atoms with E-state index < -0.39 is 0 Å². The third-order valence-electron chi connectivity index (χ3n) is 3.66. The van der Waals surface area contributed by atoms with E-state index in [0.717, 1.165) is 19.0 Å². The summed E-state index contributed by atoms with van der Waals surface area (Å²) in [7, 11) is 0. The lowest BCUT2D eigenvalue weighted by atomic mass is 10.2. The molecule has 0 saturated heterocycles. The molecular weight excluding hydrogens is 266 g/mol. The van der Waals surface area contributed by atoms with Crippen molar-refractivity contribution >= 4 is 5.91 Å². The number of nitrogens with one attached hydrogen (secondary N) is 1. The summed E-state index contributed by atoms with van der Waals surface area (Å²) in [5, 5.41) is 0. The Balaban J connectivity index is 1.79. The lowest BCUT2D eigenvalue weighted by molar-refractivity contribution is 0.0953. The molecule has 0 unspecified atom stereocenters. The summed E-state index contributed by atoms with van der Waals surface area (Å²) in [6, 6.07) is 7.09. The van der Waals surface area contributed by atoms with Crippen molar-refractivity contribution in [3.63, 3.8) is 0 Å². The maximum absolute atomic E-state index is 11.5. The average Bonchev–Trinajstić information content (AvgIpc) is 3.31. The number of rotatable bonds is 9. The summed E-state index contributed by atoms with van der Waals surface area (Å²) in [4.78, 5) is 13.9. The molecule has 0 aromatic heterocycles. The lowest BCUT2D eigenvalue weighted by Gasteiger charge is -2.21. The Morgan fingerprint density at radius 2 is 2.24 bits per heavy atom. The number of hydrogen-bond acceptors (Lipinski definition) is 4. The van der Waals surface area contributed by atoms with Crippen LogP contribution in [0.3, 0.4) is 0 Å². The summed E-state index contributed by atoms with van der Waals surface area (Å²) < 4.78 is 5.76. The fraction of sp³-hybridized carbons (Fsp3) is 0.562. The van der Waals surface area contributed by atoms with Gasteiger partial charge >= 0.3 is 0 Å². The molecule has 0 aliphatic heterocycles. The number of nitrogens with two attached hydrogens (primary N) is 1. The van der Waals surface area contributed by atoms with Gasteiger partial charge in [0.1, 0.15) is 12.4 Å². The van der Waals surface area contributed by atoms with Crippen LogP contribution in [0.15, 0.2) is 24.3 Å². The highest BCUT2D eigenvalue weighted by atomic mass is 16.5. The van der Waals surface area contributed by atoms with E-state index in [0.29, 0.717) is 17.9 Å². The smallest absolute Gasteiger partial charge is 0.265 e. The summed E-state index contributed by atoms with van der Waals surface area (Å²) >= 11 is 0. The van der Waals surface area contributed by atoms with Gasteiger partial charge in [-0.25, -0.2) is 5.84 Å². The van der Waals surface area contributed by atoms with Crippen molar-refractivity contribution in [3.05, 3.63) is 29.8 Å². The molecule has 1 aromatic rings. The first-order valence-corrected chi connectivity index (χ1v) is 7.69. The first-order valence-electron chi connectivity index (χ1n) is 7.69. The minimum absolute atomic E-state index is 0.304. The second-order valence-electron chi connectivity index (χ2n) is 5.59. The highest BCUT2D eigenvalue weighted by Crippen LogP contribution is 2.29. The van der Waals surface area contributed by atoms with Crippen molar-refractivity contribution in [2.45, 2.75) is 26.2 Å². The molecule has 0 bridgehead atoms. The van der Waals surface area contributed by atoms with Crippen LogP contribution in [0.1, 0.15) is 36.5 Å². The Bertz CT molecular complexity index is 461. The molecule has 2 rings (SSSR count). The molecule has 1 fully saturated rings. The van der Waals surface area contributed by atoms with Crippen molar-refractivity contribution in [2.24, 2.45) is 11.8 Å². The van der Waals surface area contributed by atoms with Gasteiger partial charge in [-0.3, -0.25) is 15.1 Å². The van der Waals surface area contributed by atoms with Gasteiger partial charge in [0.05, 0.1) is 0 Å². The van der Waals surface area contributed by atoms with E-state index in [4.69, 9.17) is 10.6 Å². The number of benzene rings is 1. The normalized spacial score (nSPS) is 14.2. The minimum Gasteiger partial charge on any atom is -0.492 e.